The average Bonchev–Trinajstić information content (AvgIpc) is 3.23. The molecule has 2 aromatic heterocycles. The molecule has 0 radical (unpaired) electrons. The predicted octanol–water partition coefficient (Wildman–Crippen LogP) is 5.85. The highest BCUT2D eigenvalue weighted by Crippen LogP contribution is 2.40. The van der Waals surface area contributed by atoms with Crippen LogP contribution in [0.3, 0.4) is 0 Å². The van der Waals surface area contributed by atoms with Gasteiger partial charge in [-0.25, -0.2) is 0 Å². The van der Waals surface area contributed by atoms with Gasteiger partial charge in [0.1, 0.15) is 12.4 Å². The lowest BCUT2D eigenvalue weighted by Crippen LogP contribution is -2.07. The van der Waals surface area contributed by atoms with Crippen molar-refractivity contribution in [2.45, 2.75) is 36.4 Å². The van der Waals surface area contributed by atoms with Gasteiger partial charge < -0.3 is 4.74 Å². The van der Waals surface area contributed by atoms with E-state index in [9.17, 15) is 0 Å². The number of hydrogen-bond acceptors (Lipinski definition) is 5. The van der Waals surface area contributed by atoms with Crippen molar-refractivity contribution in [2.75, 3.05) is 0 Å². The van der Waals surface area contributed by atoms with E-state index in [2.05, 4.69) is 20.8 Å². The van der Waals surface area contributed by atoms with Crippen LogP contribution in [0.2, 0.25) is 9.36 Å². The van der Waals surface area contributed by atoms with E-state index >= 15 is 0 Å². The number of para-hydroxylation sites is 1. The first-order valence-electron chi connectivity index (χ1n) is 7.89. The minimum atomic E-state index is 0.360. The minimum absolute atomic E-state index is 0.360. The average molecular weight is 412 g/mol. The molecule has 0 aliphatic heterocycles. The van der Waals surface area contributed by atoms with Crippen molar-refractivity contribution in [2.24, 2.45) is 0 Å². The molecule has 25 heavy (non-hydrogen) atoms. The number of ether oxygens (including phenoxy) is 1. The molecule has 0 atom stereocenters. The van der Waals surface area contributed by atoms with Crippen LogP contribution in [0, 0.1) is 0 Å². The zero-order valence-electron chi connectivity index (χ0n) is 13.2. The van der Waals surface area contributed by atoms with Gasteiger partial charge in [0.15, 0.2) is 11.0 Å². The Morgan fingerprint density at radius 1 is 1.16 bits per heavy atom. The van der Waals surface area contributed by atoms with E-state index in [4.69, 9.17) is 27.9 Å². The molecule has 2 heterocycles. The molecule has 0 amide bonds. The van der Waals surface area contributed by atoms with E-state index in [1.165, 1.54) is 4.88 Å². The highest BCUT2D eigenvalue weighted by atomic mass is 35.5. The normalized spacial score (nSPS) is 14.0. The maximum Gasteiger partial charge on any atom is 0.191 e. The summed E-state index contributed by atoms with van der Waals surface area (Å²) in [6, 6.07) is 11.9. The Bertz CT molecular complexity index is 876. The second-order valence-corrected chi connectivity index (χ2v) is 8.86. The van der Waals surface area contributed by atoms with Gasteiger partial charge in [0, 0.05) is 16.7 Å². The van der Waals surface area contributed by atoms with Gasteiger partial charge in [0.05, 0.1) is 9.36 Å². The summed E-state index contributed by atoms with van der Waals surface area (Å²) in [6.07, 6.45) is 2.32. The van der Waals surface area contributed by atoms with Gasteiger partial charge >= 0.3 is 0 Å². The molecule has 1 aliphatic carbocycles. The van der Waals surface area contributed by atoms with E-state index in [-0.39, 0.29) is 0 Å². The number of nitrogens with zero attached hydrogens (tertiary/aromatic N) is 3. The first-order valence-corrected chi connectivity index (χ1v) is 10.4. The van der Waals surface area contributed by atoms with Gasteiger partial charge in [-0.15, -0.1) is 21.5 Å². The number of rotatable bonds is 7. The van der Waals surface area contributed by atoms with Crippen molar-refractivity contribution in [3.05, 3.63) is 56.5 Å². The fraction of sp³-hybridized carbons (Fsp3) is 0.294. The van der Waals surface area contributed by atoms with E-state index in [1.807, 2.05) is 30.3 Å². The summed E-state index contributed by atoms with van der Waals surface area (Å²) in [5, 5.41) is 10.2. The van der Waals surface area contributed by atoms with E-state index in [0.29, 0.717) is 23.4 Å². The first-order chi connectivity index (χ1) is 12.2. The van der Waals surface area contributed by atoms with Crippen LogP contribution in [0.25, 0.3) is 0 Å². The minimum Gasteiger partial charge on any atom is -0.484 e. The molecule has 130 valence electrons. The quantitative estimate of drug-likeness (QED) is 0.456. The molecule has 0 spiro atoms. The zero-order valence-corrected chi connectivity index (χ0v) is 16.3. The molecule has 0 bridgehead atoms. The van der Waals surface area contributed by atoms with E-state index in [0.717, 1.165) is 33.9 Å². The summed E-state index contributed by atoms with van der Waals surface area (Å²) in [4.78, 5) is 1.23. The number of aromatic nitrogens is 3. The van der Waals surface area contributed by atoms with Crippen LogP contribution in [0.5, 0.6) is 5.75 Å². The van der Waals surface area contributed by atoms with Crippen LogP contribution in [0.1, 0.15) is 29.6 Å². The highest BCUT2D eigenvalue weighted by molar-refractivity contribution is 7.98. The summed E-state index contributed by atoms with van der Waals surface area (Å²) in [6.45, 7) is 0.360. The van der Waals surface area contributed by atoms with Gasteiger partial charge in [-0.2, -0.15) is 0 Å². The molecule has 0 saturated heterocycles. The van der Waals surface area contributed by atoms with Crippen LogP contribution >= 0.6 is 46.3 Å². The fourth-order valence-corrected chi connectivity index (χ4v) is 4.82. The lowest BCUT2D eigenvalue weighted by Gasteiger charge is -2.10. The Hall–Kier alpha value is -1.21. The number of thiophene rings is 1. The topological polar surface area (TPSA) is 39.9 Å². The van der Waals surface area contributed by atoms with Gasteiger partial charge in [-0.1, -0.05) is 47.1 Å². The van der Waals surface area contributed by atoms with Crippen molar-refractivity contribution in [1.82, 2.24) is 14.8 Å². The van der Waals surface area contributed by atoms with Crippen molar-refractivity contribution < 1.29 is 4.74 Å². The number of halogens is 2. The molecule has 1 fully saturated rings. The van der Waals surface area contributed by atoms with E-state index < -0.39 is 0 Å². The predicted molar refractivity (Wildman–Crippen MR) is 103 cm³/mol. The van der Waals surface area contributed by atoms with Crippen molar-refractivity contribution in [3.8, 4) is 5.75 Å². The number of benzene rings is 1. The highest BCUT2D eigenvalue weighted by Gasteiger charge is 2.30. The summed E-state index contributed by atoms with van der Waals surface area (Å²) in [7, 11) is 0. The second kappa shape index (κ2) is 7.58. The van der Waals surface area contributed by atoms with Crippen LogP contribution < -0.4 is 4.74 Å². The molecule has 0 unspecified atom stereocenters. The summed E-state index contributed by atoms with van der Waals surface area (Å²) >= 11 is 15.4. The van der Waals surface area contributed by atoms with Gasteiger partial charge in [-0.05, 0) is 37.1 Å². The summed E-state index contributed by atoms with van der Waals surface area (Å²) in [5.41, 5.74) is 0. The van der Waals surface area contributed by atoms with E-state index in [1.54, 1.807) is 23.1 Å². The van der Waals surface area contributed by atoms with Crippen LogP contribution in [0.4, 0.5) is 0 Å². The Balaban J connectivity index is 1.47. The van der Waals surface area contributed by atoms with Gasteiger partial charge in [-0.3, -0.25) is 4.57 Å². The first kappa shape index (κ1) is 17.2. The molecule has 1 saturated carbocycles. The lowest BCUT2D eigenvalue weighted by molar-refractivity contribution is 0.288. The maximum atomic E-state index is 6.15. The Labute approximate surface area is 164 Å². The Kier molecular flexibility index (Phi) is 5.22. The third-order valence-electron chi connectivity index (χ3n) is 3.81. The summed E-state index contributed by atoms with van der Waals surface area (Å²) in [5.74, 6) is 2.35. The third-order valence-corrected chi connectivity index (χ3v) is 6.53. The molecule has 0 N–H and O–H groups in total. The number of hydrogen-bond donors (Lipinski definition) is 0. The van der Waals surface area contributed by atoms with Crippen LogP contribution in [-0.4, -0.2) is 14.8 Å². The second-order valence-electron chi connectivity index (χ2n) is 5.71. The lowest BCUT2D eigenvalue weighted by atomic mass is 10.3. The molecule has 4 nitrogen and oxygen atoms in total. The van der Waals surface area contributed by atoms with Gasteiger partial charge in [0.2, 0.25) is 0 Å². The molecule has 4 rings (SSSR count). The maximum absolute atomic E-state index is 6.15. The fourth-order valence-electron chi connectivity index (χ4n) is 2.47. The Morgan fingerprint density at radius 2 is 2.00 bits per heavy atom. The SMILES string of the molecule is Clc1ccc(CSc2nnc(COc3ccccc3Cl)n2C2CC2)s1. The van der Waals surface area contributed by atoms with Crippen LogP contribution in [-0.2, 0) is 12.4 Å². The molecule has 1 aliphatic rings. The third kappa shape index (κ3) is 4.14. The number of thioether (sulfide) groups is 1. The molecular weight excluding hydrogens is 397 g/mol. The summed E-state index contributed by atoms with van der Waals surface area (Å²) < 4.78 is 8.86. The monoisotopic (exact) mass is 411 g/mol. The standard InChI is InChI=1S/C17H15Cl2N3OS2/c18-13-3-1-2-4-14(13)23-9-16-20-21-17(22(16)11-5-6-11)24-10-12-7-8-15(19)25-12/h1-4,7-8,11H,5-6,9-10H2. The largest absolute Gasteiger partial charge is 0.484 e. The smallest absolute Gasteiger partial charge is 0.191 e. The van der Waals surface area contributed by atoms with Gasteiger partial charge in [0.25, 0.3) is 0 Å². The molecule has 3 aromatic rings. The molecular formula is C17H15Cl2N3OS2. The zero-order chi connectivity index (χ0) is 17.2. The van der Waals surface area contributed by atoms with Crippen molar-refractivity contribution in [3.63, 3.8) is 0 Å². The molecule has 1 aromatic carbocycles. The van der Waals surface area contributed by atoms with Crippen molar-refractivity contribution in [1.29, 1.82) is 0 Å². The van der Waals surface area contributed by atoms with Crippen molar-refractivity contribution >= 4 is 46.3 Å². The van der Waals surface area contributed by atoms with Crippen LogP contribution in [0.15, 0.2) is 41.6 Å². The molecule has 8 heteroatoms. The Morgan fingerprint density at radius 3 is 2.72 bits per heavy atom.